The van der Waals surface area contributed by atoms with Crippen LogP contribution in [-0.4, -0.2) is 50.1 Å². The lowest BCUT2D eigenvalue weighted by atomic mass is 10.1. The molecule has 21 heavy (non-hydrogen) atoms. The molecular formula is C13H16F3N3O2. The Labute approximate surface area is 120 Å². The van der Waals surface area contributed by atoms with Crippen LogP contribution in [0.1, 0.15) is 10.4 Å². The van der Waals surface area contributed by atoms with Crippen molar-refractivity contribution in [3.05, 3.63) is 29.8 Å². The predicted molar refractivity (Wildman–Crippen MR) is 72.0 cm³/mol. The number of anilines is 1. The molecule has 1 aromatic carbocycles. The topological polar surface area (TPSA) is 61.4 Å². The van der Waals surface area contributed by atoms with Gasteiger partial charge in [0.1, 0.15) is 6.54 Å². The van der Waals surface area contributed by atoms with Crippen LogP contribution in [0.2, 0.25) is 0 Å². The third-order valence-electron chi connectivity index (χ3n) is 2.64. The predicted octanol–water partition coefficient (Wildman–Crippen LogP) is 1.48. The van der Waals surface area contributed by atoms with E-state index < -0.39 is 31.1 Å². The number of carbonyl (C=O) groups excluding carboxylic acids is 2. The van der Waals surface area contributed by atoms with Crippen LogP contribution in [-0.2, 0) is 4.79 Å². The van der Waals surface area contributed by atoms with Crippen molar-refractivity contribution in [2.24, 2.45) is 0 Å². The van der Waals surface area contributed by atoms with Gasteiger partial charge in [-0.3, -0.25) is 9.59 Å². The average molecular weight is 303 g/mol. The monoisotopic (exact) mass is 303 g/mol. The van der Waals surface area contributed by atoms with E-state index in [0.717, 1.165) is 4.90 Å². The molecule has 0 heterocycles. The van der Waals surface area contributed by atoms with Crippen molar-refractivity contribution in [2.75, 3.05) is 32.5 Å². The van der Waals surface area contributed by atoms with Crippen LogP contribution in [0.5, 0.6) is 0 Å². The fourth-order valence-corrected chi connectivity index (χ4v) is 1.64. The third-order valence-corrected chi connectivity index (χ3v) is 2.64. The SMILES string of the molecule is CNc1ccccc1C(=O)N(C)CC(=O)NCC(F)(F)F. The largest absolute Gasteiger partial charge is 0.405 e. The number of rotatable bonds is 5. The van der Waals surface area contributed by atoms with Crippen molar-refractivity contribution >= 4 is 17.5 Å². The summed E-state index contributed by atoms with van der Waals surface area (Å²) >= 11 is 0. The molecule has 2 amide bonds. The number of likely N-dealkylation sites (N-methyl/N-ethyl adjacent to an activating group) is 1. The number of nitrogens with zero attached hydrogens (tertiary/aromatic N) is 1. The fraction of sp³-hybridized carbons (Fsp3) is 0.385. The first-order valence-corrected chi connectivity index (χ1v) is 6.10. The first-order chi connectivity index (χ1) is 9.74. The molecule has 0 fully saturated rings. The second kappa shape index (κ2) is 6.96. The standard InChI is InChI=1S/C13H16F3N3O2/c1-17-10-6-4-3-5-9(10)12(21)19(2)7-11(20)18-8-13(14,15)16/h3-6,17H,7-8H2,1-2H3,(H,18,20). The Morgan fingerprint density at radius 3 is 2.43 bits per heavy atom. The first-order valence-electron chi connectivity index (χ1n) is 6.10. The molecule has 0 aromatic heterocycles. The average Bonchev–Trinajstić information content (AvgIpc) is 2.43. The van der Waals surface area contributed by atoms with Crippen molar-refractivity contribution in [3.8, 4) is 0 Å². The Balaban J connectivity index is 2.64. The van der Waals surface area contributed by atoms with E-state index in [1.807, 2.05) is 0 Å². The first kappa shape index (κ1) is 16.8. The lowest BCUT2D eigenvalue weighted by Gasteiger charge is -2.19. The van der Waals surface area contributed by atoms with Crippen LogP contribution < -0.4 is 10.6 Å². The van der Waals surface area contributed by atoms with Gasteiger partial charge >= 0.3 is 6.18 Å². The van der Waals surface area contributed by atoms with E-state index in [4.69, 9.17) is 0 Å². The minimum absolute atomic E-state index is 0.339. The smallest absolute Gasteiger partial charge is 0.387 e. The second-order valence-corrected chi connectivity index (χ2v) is 4.35. The van der Waals surface area contributed by atoms with Crippen LogP contribution in [0.4, 0.5) is 18.9 Å². The molecule has 0 aliphatic carbocycles. The van der Waals surface area contributed by atoms with Gasteiger partial charge in [-0.25, -0.2) is 0 Å². The number of hydrogen-bond acceptors (Lipinski definition) is 3. The van der Waals surface area contributed by atoms with E-state index in [9.17, 15) is 22.8 Å². The molecule has 2 N–H and O–H groups in total. The van der Waals surface area contributed by atoms with Crippen molar-refractivity contribution in [2.45, 2.75) is 6.18 Å². The molecule has 0 radical (unpaired) electrons. The van der Waals surface area contributed by atoms with Crippen molar-refractivity contribution < 1.29 is 22.8 Å². The summed E-state index contributed by atoms with van der Waals surface area (Å²) < 4.78 is 35.9. The van der Waals surface area contributed by atoms with Gasteiger partial charge in [0, 0.05) is 19.8 Å². The Morgan fingerprint density at radius 1 is 1.24 bits per heavy atom. The van der Waals surface area contributed by atoms with E-state index in [1.165, 1.54) is 7.05 Å². The summed E-state index contributed by atoms with van der Waals surface area (Å²) in [6, 6.07) is 6.65. The van der Waals surface area contributed by atoms with E-state index in [2.05, 4.69) is 5.32 Å². The summed E-state index contributed by atoms with van der Waals surface area (Å²) in [5, 5.41) is 4.55. The number of hydrogen-bond donors (Lipinski definition) is 2. The molecule has 5 nitrogen and oxygen atoms in total. The van der Waals surface area contributed by atoms with Crippen LogP contribution in [0, 0.1) is 0 Å². The Morgan fingerprint density at radius 2 is 1.86 bits per heavy atom. The zero-order chi connectivity index (χ0) is 16.0. The highest BCUT2D eigenvalue weighted by atomic mass is 19.4. The quantitative estimate of drug-likeness (QED) is 0.866. The van der Waals surface area contributed by atoms with Gasteiger partial charge in [0.25, 0.3) is 5.91 Å². The van der Waals surface area contributed by atoms with E-state index >= 15 is 0 Å². The number of benzene rings is 1. The van der Waals surface area contributed by atoms with E-state index in [0.29, 0.717) is 11.3 Å². The second-order valence-electron chi connectivity index (χ2n) is 4.35. The molecule has 1 aromatic rings. The Kier molecular flexibility index (Phi) is 5.57. The summed E-state index contributed by atoms with van der Waals surface area (Å²) in [5.41, 5.74) is 0.913. The van der Waals surface area contributed by atoms with Gasteiger partial charge < -0.3 is 15.5 Å². The van der Waals surface area contributed by atoms with Gasteiger partial charge in [0.15, 0.2) is 0 Å². The van der Waals surface area contributed by atoms with Gasteiger partial charge in [-0.1, -0.05) is 12.1 Å². The van der Waals surface area contributed by atoms with Crippen LogP contribution in [0.3, 0.4) is 0 Å². The van der Waals surface area contributed by atoms with Crippen molar-refractivity contribution in [3.63, 3.8) is 0 Å². The van der Waals surface area contributed by atoms with Gasteiger partial charge in [0.05, 0.1) is 12.1 Å². The summed E-state index contributed by atoms with van der Waals surface area (Å²) in [5.74, 6) is -1.33. The summed E-state index contributed by atoms with van der Waals surface area (Å²) in [6.45, 7) is -1.87. The van der Waals surface area contributed by atoms with Gasteiger partial charge in [0.2, 0.25) is 5.91 Å². The fourth-order valence-electron chi connectivity index (χ4n) is 1.64. The third kappa shape index (κ3) is 5.33. The number of nitrogens with one attached hydrogen (secondary N) is 2. The number of halogens is 3. The lowest BCUT2D eigenvalue weighted by molar-refractivity contribution is -0.138. The van der Waals surface area contributed by atoms with Crippen LogP contribution in [0.25, 0.3) is 0 Å². The Hall–Kier alpha value is -2.25. The lowest BCUT2D eigenvalue weighted by Crippen LogP contribution is -2.41. The zero-order valence-corrected chi connectivity index (χ0v) is 11.6. The molecule has 0 spiro atoms. The molecular weight excluding hydrogens is 287 g/mol. The molecule has 8 heteroatoms. The van der Waals surface area contributed by atoms with Gasteiger partial charge in [-0.15, -0.1) is 0 Å². The molecule has 0 saturated heterocycles. The molecule has 0 aliphatic rings. The molecule has 0 unspecified atom stereocenters. The molecule has 0 atom stereocenters. The minimum atomic E-state index is -4.48. The highest BCUT2D eigenvalue weighted by Crippen LogP contribution is 2.16. The highest BCUT2D eigenvalue weighted by Gasteiger charge is 2.28. The van der Waals surface area contributed by atoms with Crippen molar-refractivity contribution in [1.82, 2.24) is 10.2 Å². The maximum Gasteiger partial charge on any atom is 0.405 e. The highest BCUT2D eigenvalue weighted by molar-refractivity contribution is 6.00. The molecule has 1 rings (SSSR count). The molecule has 0 bridgehead atoms. The number of para-hydroxylation sites is 1. The number of amides is 2. The van der Waals surface area contributed by atoms with E-state index in [-0.39, 0.29) is 0 Å². The number of carbonyl (C=O) groups is 2. The van der Waals surface area contributed by atoms with Crippen LogP contribution >= 0.6 is 0 Å². The van der Waals surface area contributed by atoms with Crippen molar-refractivity contribution in [1.29, 1.82) is 0 Å². The maximum atomic E-state index is 12.1. The normalized spacial score (nSPS) is 10.9. The van der Waals surface area contributed by atoms with E-state index in [1.54, 1.807) is 36.6 Å². The zero-order valence-electron chi connectivity index (χ0n) is 11.6. The molecule has 116 valence electrons. The summed E-state index contributed by atoms with van der Waals surface area (Å²) in [7, 11) is 2.99. The maximum absolute atomic E-state index is 12.1. The van der Waals surface area contributed by atoms with Gasteiger partial charge in [-0.2, -0.15) is 13.2 Å². The molecule has 0 saturated carbocycles. The number of alkyl halides is 3. The molecule has 0 aliphatic heterocycles. The van der Waals surface area contributed by atoms with Gasteiger partial charge in [-0.05, 0) is 12.1 Å². The summed E-state index contributed by atoms with van der Waals surface area (Å²) in [4.78, 5) is 24.6. The summed E-state index contributed by atoms with van der Waals surface area (Å²) in [6.07, 6.45) is -4.48. The minimum Gasteiger partial charge on any atom is -0.387 e. The van der Waals surface area contributed by atoms with Crippen LogP contribution in [0.15, 0.2) is 24.3 Å². The Bertz CT molecular complexity index is 518.